The third-order valence-electron chi connectivity index (χ3n) is 1.52. The van der Waals surface area contributed by atoms with Gasteiger partial charge in [0.25, 0.3) is 0 Å². The summed E-state index contributed by atoms with van der Waals surface area (Å²) in [6.45, 7) is 2.55. The summed E-state index contributed by atoms with van der Waals surface area (Å²) in [6, 6.07) is 3.91. The van der Waals surface area contributed by atoms with Crippen LogP contribution in [0.1, 0.15) is 6.92 Å². The van der Waals surface area contributed by atoms with Crippen molar-refractivity contribution in [2.24, 2.45) is 0 Å². The molecule has 14 heavy (non-hydrogen) atoms. The molecule has 0 aliphatic heterocycles. The summed E-state index contributed by atoms with van der Waals surface area (Å²) in [6.07, 6.45) is 3.92. The maximum Gasteiger partial charge on any atom is 0.148 e. The van der Waals surface area contributed by atoms with E-state index in [0.29, 0.717) is 6.61 Å². The lowest BCUT2D eigenvalue weighted by atomic mass is 10.3. The maximum atomic E-state index is 5.56. The molecule has 1 nitrogen and oxygen atoms in total. The molecular weight excluding hydrogens is 376 g/mol. The Kier molecular flexibility index (Phi) is 5.20. The second kappa shape index (κ2) is 5.93. The SMILES string of the molecule is C/C=C/COc1c(Br)cc(Br)cc1Br. The van der Waals surface area contributed by atoms with Crippen molar-refractivity contribution in [3.63, 3.8) is 0 Å². The van der Waals surface area contributed by atoms with Gasteiger partial charge in [-0.05, 0) is 50.9 Å². The Hall–Kier alpha value is 0.200. The minimum absolute atomic E-state index is 0.579. The topological polar surface area (TPSA) is 9.23 Å². The lowest BCUT2D eigenvalue weighted by Crippen LogP contribution is -1.95. The first kappa shape index (κ1) is 12.3. The molecule has 1 aromatic rings. The van der Waals surface area contributed by atoms with Crippen LogP contribution in [0.2, 0.25) is 0 Å². The number of rotatable bonds is 3. The third-order valence-corrected chi connectivity index (χ3v) is 3.16. The predicted octanol–water partition coefficient (Wildman–Crippen LogP) is 4.93. The minimum Gasteiger partial charge on any atom is -0.487 e. The summed E-state index contributed by atoms with van der Waals surface area (Å²) in [5.41, 5.74) is 0. The minimum atomic E-state index is 0.579. The van der Waals surface area contributed by atoms with Gasteiger partial charge in [0, 0.05) is 4.47 Å². The molecule has 0 fully saturated rings. The van der Waals surface area contributed by atoms with E-state index in [2.05, 4.69) is 47.8 Å². The van der Waals surface area contributed by atoms with Crippen molar-refractivity contribution in [3.8, 4) is 5.75 Å². The molecule has 0 unspecified atom stereocenters. The Balaban J connectivity index is 2.85. The standard InChI is InChI=1S/C10H9Br3O/c1-2-3-4-14-10-8(12)5-7(11)6-9(10)13/h2-3,5-6H,4H2,1H3/b3-2+. The Morgan fingerprint density at radius 2 is 1.79 bits per heavy atom. The lowest BCUT2D eigenvalue weighted by Gasteiger charge is -2.08. The van der Waals surface area contributed by atoms with Gasteiger partial charge in [-0.3, -0.25) is 0 Å². The molecule has 0 radical (unpaired) electrons. The van der Waals surface area contributed by atoms with Crippen molar-refractivity contribution in [1.29, 1.82) is 0 Å². The fraction of sp³-hybridized carbons (Fsp3) is 0.200. The fourth-order valence-electron chi connectivity index (χ4n) is 0.895. The van der Waals surface area contributed by atoms with Gasteiger partial charge in [-0.15, -0.1) is 0 Å². The Morgan fingerprint density at radius 1 is 1.21 bits per heavy atom. The van der Waals surface area contributed by atoms with E-state index in [1.54, 1.807) is 0 Å². The summed E-state index contributed by atoms with van der Waals surface area (Å²) >= 11 is 10.3. The fourth-order valence-corrected chi connectivity index (χ4v) is 3.38. The molecule has 0 N–H and O–H groups in total. The third kappa shape index (κ3) is 3.41. The van der Waals surface area contributed by atoms with Gasteiger partial charge < -0.3 is 4.74 Å². The number of hydrogen-bond donors (Lipinski definition) is 0. The zero-order valence-electron chi connectivity index (χ0n) is 7.56. The van der Waals surface area contributed by atoms with Crippen molar-refractivity contribution in [2.45, 2.75) is 6.92 Å². The molecule has 0 amide bonds. The summed E-state index contributed by atoms with van der Waals surface area (Å²) in [4.78, 5) is 0. The van der Waals surface area contributed by atoms with Gasteiger partial charge in [-0.1, -0.05) is 28.1 Å². The van der Waals surface area contributed by atoms with E-state index in [1.165, 1.54) is 0 Å². The quantitative estimate of drug-likeness (QED) is 0.671. The highest BCUT2D eigenvalue weighted by molar-refractivity contribution is 9.11. The molecule has 76 valence electrons. The highest BCUT2D eigenvalue weighted by Gasteiger charge is 2.06. The first-order valence-electron chi connectivity index (χ1n) is 4.03. The van der Waals surface area contributed by atoms with Gasteiger partial charge in [0.1, 0.15) is 12.4 Å². The van der Waals surface area contributed by atoms with Crippen molar-refractivity contribution in [1.82, 2.24) is 0 Å². The summed E-state index contributed by atoms with van der Waals surface area (Å²) in [5.74, 6) is 0.825. The van der Waals surface area contributed by atoms with Crippen molar-refractivity contribution < 1.29 is 4.74 Å². The Morgan fingerprint density at radius 3 is 2.29 bits per heavy atom. The molecule has 1 aromatic carbocycles. The predicted molar refractivity (Wildman–Crippen MR) is 69.9 cm³/mol. The first-order chi connectivity index (χ1) is 6.65. The monoisotopic (exact) mass is 382 g/mol. The number of hydrogen-bond acceptors (Lipinski definition) is 1. The lowest BCUT2D eigenvalue weighted by molar-refractivity contribution is 0.358. The van der Waals surface area contributed by atoms with E-state index in [-0.39, 0.29) is 0 Å². The van der Waals surface area contributed by atoms with Crippen LogP contribution in [0.4, 0.5) is 0 Å². The molecule has 0 saturated heterocycles. The van der Waals surface area contributed by atoms with Crippen LogP contribution >= 0.6 is 47.8 Å². The molecule has 0 heterocycles. The van der Waals surface area contributed by atoms with E-state index in [0.717, 1.165) is 19.2 Å². The highest BCUT2D eigenvalue weighted by Crippen LogP contribution is 2.36. The van der Waals surface area contributed by atoms with Crippen LogP contribution in [0, 0.1) is 0 Å². The van der Waals surface area contributed by atoms with Crippen molar-refractivity contribution in [2.75, 3.05) is 6.61 Å². The van der Waals surface area contributed by atoms with Crippen LogP contribution in [0.15, 0.2) is 37.7 Å². The van der Waals surface area contributed by atoms with Crippen LogP contribution < -0.4 is 4.74 Å². The average Bonchev–Trinajstić information content (AvgIpc) is 2.09. The molecule has 0 aliphatic carbocycles. The van der Waals surface area contributed by atoms with E-state index < -0.39 is 0 Å². The van der Waals surface area contributed by atoms with Crippen molar-refractivity contribution in [3.05, 3.63) is 37.7 Å². The summed E-state index contributed by atoms with van der Waals surface area (Å²) < 4.78 is 8.44. The number of benzene rings is 1. The molecule has 0 saturated carbocycles. The van der Waals surface area contributed by atoms with Gasteiger partial charge in [-0.25, -0.2) is 0 Å². The summed E-state index contributed by atoms with van der Waals surface area (Å²) in [5, 5.41) is 0. The molecule has 0 bridgehead atoms. The van der Waals surface area contributed by atoms with E-state index in [4.69, 9.17) is 4.74 Å². The van der Waals surface area contributed by atoms with E-state index in [9.17, 15) is 0 Å². The maximum absolute atomic E-state index is 5.56. The second-order valence-corrected chi connectivity index (χ2v) is 5.20. The molecule has 4 heteroatoms. The van der Waals surface area contributed by atoms with Crippen LogP contribution in [0.5, 0.6) is 5.75 Å². The normalized spacial score (nSPS) is 10.9. The van der Waals surface area contributed by atoms with Gasteiger partial charge in [-0.2, -0.15) is 0 Å². The molecule has 1 rings (SSSR count). The zero-order valence-corrected chi connectivity index (χ0v) is 12.3. The molecule has 0 spiro atoms. The molecule has 0 aromatic heterocycles. The first-order valence-corrected chi connectivity index (χ1v) is 6.41. The second-order valence-electron chi connectivity index (χ2n) is 2.58. The average molecular weight is 385 g/mol. The summed E-state index contributed by atoms with van der Waals surface area (Å²) in [7, 11) is 0. The van der Waals surface area contributed by atoms with Crippen LogP contribution in [0.25, 0.3) is 0 Å². The molecular formula is C10H9Br3O. The molecule has 0 atom stereocenters. The van der Waals surface area contributed by atoms with Gasteiger partial charge in [0.2, 0.25) is 0 Å². The number of ether oxygens (including phenoxy) is 1. The Labute approximate surface area is 109 Å². The van der Waals surface area contributed by atoms with Gasteiger partial charge >= 0.3 is 0 Å². The van der Waals surface area contributed by atoms with E-state index in [1.807, 2.05) is 31.2 Å². The smallest absolute Gasteiger partial charge is 0.148 e. The highest BCUT2D eigenvalue weighted by atomic mass is 79.9. The van der Waals surface area contributed by atoms with Crippen LogP contribution in [-0.2, 0) is 0 Å². The Bertz CT molecular complexity index is 324. The van der Waals surface area contributed by atoms with Gasteiger partial charge in [0.05, 0.1) is 8.95 Å². The van der Waals surface area contributed by atoms with Gasteiger partial charge in [0.15, 0.2) is 0 Å². The zero-order chi connectivity index (χ0) is 10.6. The molecule has 0 aliphatic rings. The largest absolute Gasteiger partial charge is 0.487 e. The van der Waals surface area contributed by atoms with Crippen LogP contribution in [-0.4, -0.2) is 6.61 Å². The van der Waals surface area contributed by atoms with E-state index >= 15 is 0 Å². The van der Waals surface area contributed by atoms with Crippen LogP contribution in [0.3, 0.4) is 0 Å². The number of halogens is 3. The number of allylic oxidation sites excluding steroid dienone is 1. The van der Waals surface area contributed by atoms with Crippen molar-refractivity contribution >= 4 is 47.8 Å².